The maximum atomic E-state index is 12.4. The molecule has 0 saturated heterocycles. The molecular weight excluding hydrogens is 394 g/mol. The van der Waals surface area contributed by atoms with E-state index in [9.17, 15) is 14.4 Å². The summed E-state index contributed by atoms with van der Waals surface area (Å²) in [5.74, 6) is -2.12. The van der Waals surface area contributed by atoms with Crippen molar-refractivity contribution in [3.8, 4) is 0 Å². The van der Waals surface area contributed by atoms with Gasteiger partial charge in [-0.3, -0.25) is 0 Å². The predicted molar refractivity (Wildman–Crippen MR) is 95.0 cm³/mol. The van der Waals surface area contributed by atoms with Gasteiger partial charge in [0.25, 0.3) is 0 Å². The number of anilines is 1. The summed E-state index contributed by atoms with van der Waals surface area (Å²) >= 11 is 3.29. The molecule has 0 atom stereocenters. The molecule has 7 nitrogen and oxygen atoms in total. The molecule has 0 fully saturated rings. The summed E-state index contributed by atoms with van der Waals surface area (Å²) in [5, 5.41) is 2.72. The number of ether oxygens (including phenoxy) is 3. The van der Waals surface area contributed by atoms with Gasteiger partial charge in [0, 0.05) is 4.47 Å². The van der Waals surface area contributed by atoms with E-state index >= 15 is 0 Å². The van der Waals surface area contributed by atoms with Crippen LogP contribution in [0.4, 0.5) is 5.69 Å². The second-order valence-corrected chi connectivity index (χ2v) is 6.81. The van der Waals surface area contributed by atoms with E-state index in [4.69, 9.17) is 4.74 Å². The first-order valence-electron chi connectivity index (χ1n) is 7.25. The van der Waals surface area contributed by atoms with Gasteiger partial charge >= 0.3 is 17.9 Å². The monoisotopic (exact) mass is 413 g/mol. The number of methoxy groups -OCH3 is 2. The van der Waals surface area contributed by atoms with Crippen LogP contribution >= 0.6 is 15.9 Å². The minimum atomic E-state index is -0.788. The van der Waals surface area contributed by atoms with E-state index in [2.05, 4.69) is 30.7 Å². The lowest BCUT2D eigenvalue weighted by molar-refractivity contribution is -0.138. The van der Waals surface area contributed by atoms with E-state index in [0.717, 1.165) is 6.08 Å². The Labute approximate surface area is 154 Å². The molecule has 0 amide bonds. The van der Waals surface area contributed by atoms with E-state index in [1.165, 1.54) is 14.2 Å². The summed E-state index contributed by atoms with van der Waals surface area (Å²) in [6.45, 7) is 5.23. The topological polar surface area (TPSA) is 90.9 Å². The number of hydrogen-bond acceptors (Lipinski definition) is 7. The van der Waals surface area contributed by atoms with Gasteiger partial charge in [0.1, 0.15) is 11.3 Å². The average molecular weight is 414 g/mol. The first-order valence-corrected chi connectivity index (χ1v) is 8.04. The van der Waals surface area contributed by atoms with Crippen LogP contribution in [0.25, 0.3) is 0 Å². The summed E-state index contributed by atoms with van der Waals surface area (Å²) in [6, 6.07) is 4.78. The molecule has 0 spiro atoms. The Kier molecular flexibility index (Phi) is 7.17. The summed E-state index contributed by atoms with van der Waals surface area (Å²) in [4.78, 5) is 35.7. The highest BCUT2D eigenvalue weighted by atomic mass is 79.9. The lowest BCUT2D eigenvalue weighted by atomic mass is 10.1. The summed E-state index contributed by atoms with van der Waals surface area (Å²) in [5.41, 5.74) is -0.410. The van der Waals surface area contributed by atoms with Crippen LogP contribution in [0.15, 0.2) is 34.4 Å². The number of hydrogen-bond donors (Lipinski definition) is 1. The van der Waals surface area contributed by atoms with E-state index in [-0.39, 0.29) is 16.9 Å². The van der Waals surface area contributed by atoms with Crippen molar-refractivity contribution in [2.45, 2.75) is 26.4 Å². The minimum absolute atomic E-state index is 0.179. The Balaban J connectivity index is 3.27. The second kappa shape index (κ2) is 8.66. The van der Waals surface area contributed by atoms with Crippen LogP contribution in [0.5, 0.6) is 0 Å². The zero-order chi connectivity index (χ0) is 19.2. The zero-order valence-electron chi connectivity index (χ0n) is 14.6. The SMILES string of the molecule is COC(=O)/C=C(/Nc1ccc(Br)cc1C(=O)OC(C)(C)C)C(=O)OC. The van der Waals surface area contributed by atoms with E-state index < -0.39 is 23.5 Å². The van der Waals surface area contributed by atoms with Crippen molar-refractivity contribution in [2.75, 3.05) is 19.5 Å². The van der Waals surface area contributed by atoms with Gasteiger partial charge in [0.15, 0.2) is 0 Å². The molecule has 25 heavy (non-hydrogen) atoms. The van der Waals surface area contributed by atoms with Crippen molar-refractivity contribution < 1.29 is 28.6 Å². The van der Waals surface area contributed by atoms with Crippen LogP contribution in [0.3, 0.4) is 0 Å². The number of rotatable bonds is 5. The number of carbonyl (C=O) groups excluding carboxylic acids is 3. The molecule has 0 saturated carbocycles. The van der Waals surface area contributed by atoms with Gasteiger partial charge in [-0.05, 0) is 39.0 Å². The fraction of sp³-hybridized carbons (Fsp3) is 0.353. The van der Waals surface area contributed by atoms with Crippen molar-refractivity contribution in [3.05, 3.63) is 40.0 Å². The minimum Gasteiger partial charge on any atom is -0.466 e. The van der Waals surface area contributed by atoms with E-state index in [1.54, 1.807) is 39.0 Å². The van der Waals surface area contributed by atoms with Gasteiger partial charge in [-0.2, -0.15) is 0 Å². The Bertz CT molecular complexity index is 706. The molecule has 136 valence electrons. The number of halogens is 1. The lowest BCUT2D eigenvalue weighted by Crippen LogP contribution is -2.25. The van der Waals surface area contributed by atoms with Gasteiger partial charge in [-0.25, -0.2) is 14.4 Å². The summed E-state index contributed by atoms with van der Waals surface area (Å²) < 4.78 is 15.2. The molecule has 8 heteroatoms. The quantitative estimate of drug-likeness (QED) is 0.450. The first-order chi connectivity index (χ1) is 11.6. The zero-order valence-corrected chi connectivity index (χ0v) is 16.2. The second-order valence-electron chi connectivity index (χ2n) is 5.89. The van der Waals surface area contributed by atoms with Crippen LogP contribution in [0, 0.1) is 0 Å². The number of esters is 3. The van der Waals surface area contributed by atoms with E-state index in [0.29, 0.717) is 4.47 Å². The smallest absolute Gasteiger partial charge is 0.354 e. The first kappa shape index (κ1) is 20.7. The third-order valence-electron chi connectivity index (χ3n) is 2.74. The lowest BCUT2D eigenvalue weighted by Gasteiger charge is -2.21. The Hall–Kier alpha value is -2.35. The van der Waals surface area contributed by atoms with Crippen molar-refractivity contribution in [3.63, 3.8) is 0 Å². The van der Waals surface area contributed by atoms with Crippen LogP contribution in [0.2, 0.25) is 0 Å². The molecule has 1 aromatic carbocycles. The summed E-state index contributed by atoms with van der Waals surface area (Å²) in [7, 11) is 2.35. The molecule has 0 aliphatic rings. The normalized spacial score (nSPS) is 11.5. The Morgan fingerprint density at radius 3 is 2.28 bits per heavy atom. The maximum absolute atomic E-state index is 12.4. The molecule has 1 N–H and O–H groups in total. The van der Waals surface area contributed by atoms with Gasteiger partial charge in [0.2, 0.25) is 0 Å². The van der Waals surface area contributed by atoms with Crippen molar-refractivity contribution in [2.24, 2.45) is 0 Å². The van der Waals surface area contributed by atoms with Crippen molar-refractivity contribution in [1.82, 2.24) is 0 Å². The maximum Gasteiger partial charge on any atom is 0.354 e. The van der Waals surface area contributed by atoms with Crippen molar-refractivity contribution >= 4 is 39.5 Å². The molecular formula is C17H20BrNO6. The third kappa shape index (κ3) is 6.58. The number of nitrogens with one attached hydrogen (secondary N) is 1. The van der Waals surface area contributed by atoms with Gasteiger partial charge in [-0.15, -0.1) is 0 Å². The highest BCUT2D eigenvalue weighted by Crippen LogP contribution is 2.25. The largest absolute Gasteiger partial charge is 0.466 e. The van der Waals surface area contributed by atoms with Gasteiger partial charge in [-0.1, -0.05) is 15.9 Å². The Morgan fingerprint density at radius 1 is 1.12 bits per heavy atom. The highest BCUT2D eigenvalue weighted by Gasteiger charge is 2.22. The molecule has 0 aromatic heterocycles. The number of benzene rings is 1. The molecule has 0 bridgehead atoms. The summed E-state index contributed by atoms with van der Waals surface area (Å²) in [6.07, 6.45) is 0.937. The molecule has 0 unspecified atom stereocenters. The molecule has 0 aliphatic heterocycles. The van der Waals surface area contributed by atoms with Crippen LogP contribution in [-0.4, -0.2) is 37.7 Å². The van der Waals surface area contributed by atoms with Gasteiger partial charge < -0.3 is 19.5 Å². The molecule has 0 heterocycles. The van der Waals surface area contributed by atoms with Crippen LogP contribution in [-0.2, 0) is 23.8 Å². The number of carbonyl (C=O) groups is 3. The van der Waals surface area contributed by atoms with Crippen LogP contribution in [0.1, 0.15) is 31.1 Å². The average Bonchev–Trinajstić information content (AvgIpc) is 2.52. The molecule has 1 aromatic rings. The van der Waals surface area contributed by atoms with E-state index in [1.807, 2.05) is 0 Å². The molecule has 0 radical (unpaired) electrons. The van der Waals surface area contributed by atoms with Gasteiger partial charge in [0.05, 0.1) is 31.5 Å². The third-order valence-corrected chi connectivity index (χ3v) is 3.23. The predicted octanol–water partition coefficient (Wildman–Crippen LogP) is 3.05. The fourth-order valence-corrected chi connectivity index (χ4v) is 2.07. The Morgan fingerprint density at radius 2 is 1.76 bits per heavy atom. The van der Waals surface area contributed by atoms with Crippen molar-refractivity contribution in [1.29, 1.82) is 0 Å². The molecule has 1 rings (SSSR count). The highest BCUT2D eigenvalue weighted by molar-refractivity contribution is 9.10. The molecule has 0 aliphatic carbocycles. The standard InChI is InChI=1S/C17H20BrNO6/c1-17(2,3)25-15(21)11-8-10(18)6-7-12(11)19-13(16(22)24-5)9-14(20)23-4/h6-9,19H,1-5H3/b13-9+. The fourth-order valence-electron chi connectivity index (χ4n) is 1.71. The van der Waals surface area contributed by atoms with Crippen LogP contribution < -0.4 is 5.32 Å².